The molecule has 0 spiro atoms. The summed E-state index contributed by atoms with van der Waals surface area (Å²) in [5, 5.41) is 3.58. The lowest BCUT2D eigenvalue weighted by molar-refractivity contribution is 0.413. The minimum atomic E-state index is 0.916. The van der Waals surface area contributed by atoms with E-state index in [0.29, 0.717) is 0 Å². The highest BCUT2D eigenvalue weighted by Gasteiger charge is 2.34. The Morgan fingerprint density at radius 2 is 2.23 bits per heavy atom. The zero-order chi connectivity index (χ0) is 9.10. The van der Waals surface area contributed by atoms with Gasteiger partial charge in [-0.05, 0) is 50.1 Å². The van der Waals surface area contributed by atoms with Crippen LogP contribution in [0.2, 0.25) is 0 Å². The molecular weight excluding hydrogens is 158 g/mol. The second-order valence-electron chi connectivity index (χ2n) is 4.60. The van der Waals surface area contributed by atoms with Gasteiger partial charge in [0.2, 0.25) is 0 Å². The molecule has 0 aromatic carbocycles. The van der Waals surface area contributed by atoms with Crippen molar-refractivity contribution < 1.29 is 0 Å². The lowest BCUT2D eigenvalue weighted by Gasteiger charge is -2.18. The van der Waals surface area contributed by atoms with E-state index in [4.69, 9.17) is 0 Å². The van der Waals surface area contributed by atoms with E-state index in [2.05, 4.69) is 24.4 Å². The van der Waals surface area contributed by atoms with E-state index in [1.54, 1.807) is 0 Å². The van der Waals surface area contributed by atoms with Crippen LogP contribution in [0.3, 0.4) is 0 Å². The van der Waals surface area contributed by atoms with Gasteiger partial charge in [0.25, 0.3) is 0 Å². The van der Waals surface area contributed by atoms with Gasteiger partial charge < -0.3 is 5.32 Å². The number of rotatable bonds is 5. The lowest BCUT2D eigenvalue weighted by Crippen LogP contribution is -2.26. The van der Waals surface area contributed by atoms with Crippen LogP contribution in [0.4, 0.5) is 0 Å². The highest BCUT2D eigenvalue weighted by molar-refractivity contribution is 5.10. The van der Waals surface area contributed by atoms with Gasteiger partial charge in [0.1, 0.15) is 0 Å². The summed E-state index contributed by atoms with van der Waals surface area (Å²) in [4.78, 5) is 0. The molecule has 0 aliphatic heterocycles. The third kappa shape index (κ3) is 2.14. The van der Waals surface area contributed by atoms with Gasteiger partial charge in [-0.1, -0.05) is 25.5 Å². The molecule has 0 amide bonds. The van der Waals surface area contributed by atoms with E-state index in [1.165, 1.54) is 38.8 Å². The summed E-state index contributed by atoms with van der Waals surface area (Å²) in [6.07, 6.45) is 10.4. The van der Waals surface area contributed by atoms with Crippen LogP contribution in [-0.2, 0) is 0 Å². The molecule has 0 aromatic heterocycles. The summed E-state index contributed by atoms with van der Waals surface area (Å²) >= 11 is 0. The topological polar surface area (TPSA) is 12.0 Å². The third-order valence-corrected chi connectivity index (χ3v) is 3.53. The van der Waals surface area contributed by atoms with Crippen LogP contribution in [0.15, 0.2) is 12.2 Å². The SMILES string of the molecule is CCCCNC[C@@H]1C[C@H]2C=C[C@H]1C2. The van der Waals surface area contributed by atoms with Gasteiger partial charge in [-0.2, -0.15) is 0 Å². The van der Waals surface area contributed by atoms with Gasteiger partial charge in [-0.15, -0.1) is 0 Å². The van der Waals surface area contributed by atoms with Crippen LogP contribution < -0.4 is 5.32 Å². The average Bonchev–Trinajstić information content (AvgIpc) is 2.73. The first kappa shape index (κ1) is 9.26. The van der Waals surface area contributed by atoms with Gasteiger partial charge in [-0.25, -0.2) is 0 Å². The van der Waals surface area contributed by atoms with Gasteiger partial charge in [0, 0.05) is 0 Å². The van der Waals surface area contributed by atoms with E-state index in [1.807, 2.05) is 0 Å². The molecule has 2 bridgehead atoms. The summed E-state index contributed by atoms with van der Waals surface area (Å²) < 4.78 is 0. The molecule has 0 aromatic rings. The van der Waals surface area contributed by atoms with Gasteiger partial charge in [-0.3, -0.25) is 0 Å². The monoisotopic (exact) mass is 179 g/mol. The molecule has 1 N–H and O–H groups in total. The molecule has 2 aliphatic carbocycles. The maximum absolute atomic E-state index is 3.58. The van der Waals surface area contributed by atoms with Crippen LogP contribution in [0.5, 0.6) is 0 Å². The first-order chi connectivity index (χ1) is 6.40. The Balaban J connectivity index is 1.64. The summed E-state index contributed by atoms with van der Waals surface area (Å²) in [5.74, 6) is 2.80. The highest BCUT2D eigenvalue weighted by atomic mass is 14.9. The molecular formula is C12H21N. The van der Waals surface area contributed by atoms with E-state index >= 15 is 0 Å². The summed E-state index contributed by atoms with van der Waals surface area (Å²) in [6.45, 7) is 4.72. The highest BCUT2D eigenvalue weighted by Crippen LogP contribution is 2.42. The third-order valence-electron chi connectivity index (χ3n) is 3.53. The molecule has 1 saturated carbocycles. The Hall–Kier alpha value is -0.300. The fourth-order valence-electron chi connectivity index (χ4n) is 2.72. The Kier molecular flexibility index (Phi) is 3.05. The summed E-state index contributed by atoms with van der Waals surface area (Å²) in [5.41, 5.74) is 0. The van der Waals surface area contributed by atoms with Crippen molar-refractivity contribution in [2.24, 2.45) is 17.8 Å². The minimum absolute atomic E-state index is 0.916. The number of hydrogen-bond donors (Lipinski definition) is 1. The maximum Gasteiger partial charge on any atom is -0.00147 e. The molecule has 2 aliphatic rings. The van der Waals surface area contributed by atoms with Crippen molar-refractivity contribution in [3.63, 3.8) is 0 Å². The number of allylic oxidation sites excluding steroid dienone is 2. The van der Waals surface area contributed by atoms with Crippen molar-refractivity contribution in [1.82, 2.24) is 5.32 Å². The molecule has 3 atom stereocenters. The smallest absolute Gasteiger partial charge is 0.00147 e. The molecule has 0 unspecified atom stereocenters. The van der Waals surface area contributed by atoms with Crippen LogP contribution in [0, 0.1) is 17.8 Å². The predicted octanol–water partition coefficient (Wildman–Crippen LogP) is 2.59. The Bertz CT molecular complexity index is 186. The van der Waals surface area contributed by atoms with Gasteiger partial charge in [0.15, 0.2) is 0 Å². The van der Waals surface area contributed by atoms with E-state index in [9.17, 15) is 0 Å². The second-order valence-corrected chi connectivity index (χ2v) is 4.60. The van der Waals surface area contributed by atoms with E-state index in [-0.39, 0.29) is 0 Å². The van der Waals surface area contributed by atoms with E-state index < -0.39 is 0 Å². The van der Waals surface area contributed by atoms with Crippen LogP contribution in [-0.4, -0.2) is 13.1 Å². The van der Waals surface area contributed by atoms with Crippen LogP contribution in [0.25, 0.3) is 0 Å². The largest absolute Gasteiger partial charge is 0.316 e. The predicted molar refractivity (Wildman–Crippen MR) is 56.6 cm³/mol. The standard InChI is InChI=1S/C12H21N/c1-2-3-6-13-9-12-8-10-4-5-11(12)7-10/h4-5,10-13H,2-3,6-9H2,1H3/t10-,11-,12-/m0/s1. The molecule has 1 fully saturated rings. The van der Waals surface area contributed by atoms with Crippen molar-refractivity contribution in [3.05, 3.63) is 12.2 Å². The summed E-state index contributed by atoms with van der Waals surface area (Å²) in [6, 6.07) is 0. The normalized spacial score (nSPS) is 35.9. The minimum Gasteiger partial charge on any atom is -0.316 e. The maximum atomic E-state index is 3.58. The Morgan fingerprint density at radius 3 is 2.85 bits per heavy atom. The fourth-order valence-corrected chi connectivity index (χ4v) is 2.72. The first-order valence-corrected chi connectivity index (χ1v) is 5.79. The number of unbranched alkanes of at least 4 members (excludes halogenated alkanes) is 1. The number of nitrogens with one attached hydrogen (secondary N) is 1. The quantitative estimate of drug-likeness (QED) is 0.505. The van der Waals surface area contributed by atoms with Gasteiger partial charge in [0.05, 0.1) is 0 Å². The summed E-state index contributed by atoms with van der Waals surface area (Å²) in [7, 11) is 0. The molecule has 0 heterocycles. The first-order valence-electron chi connectivity index (χ1n) is 5.79. The number of hydrogen-bond acceptors (Lipinski definition) is 1. The molecule has 0 saturated heterocycles. The van der Waals surface area contributed by atoms with E-state index in [0.717, 1.165) is 17.8 Å². The van der Waals surface area contributed by atoms with Gasteiger partial charge >= 0.3 is 0 Å². The lowest BCUT2D eigenvalue weighted by atomic mass is 9.94. The molecule has 74 valence electrons. The molecule has 13 heavy (non-hydrogen) atoms. The molecule has 2 rings (SSSR count). The van der Waals surface area contributed by atoms with Crippen molar-refractivity contribution in [2.45, 2.75) is 32.6 Å². The zero-order valence-corrected chi connectivity index (χ0v) is 8.63. The average molecular weight is 179 g/mol. The molecule has 0 radical (unpaired) electrons. The zero-order valence-electron chi connectivity index (χ0n) is 8.63. The van der Waals surface area contributed by atoms with Crippen LogP contribution >= 0.6 is 0 Å². The fraction of sp³-hybridized carbons (Fsp3) is 0.833. The van der Waals surface area contributed by atoms with Crippen molar-refractivity contribution in [1.29, 1.82) is 0 Å². The Labute approximate surface area is 81.6 Å². The van der Waals surface area contributed by atoms with Crippen molar-refractivity contribution >= 4 is 0 Å². The van der Waals surface area contributed by atoms with Crippen molar-refractivity contribution in [2.75, 3.05) is 13.1 Å². The van der Waals surface area contributed by atoms with Crippen molar-refractivity contribution in [3.8, 4) is 0 Å². The molecule has 1 heteroatoms. The number of fused-ring (bicyclic) bond motifs is 2. The Morgan fingerprint density at radius 1 is 1.31 bits per heavy atom. The van der Waals surface area contributed by atoms with Crippen LogP contribution in [0.1, 0.15) is 32.6 Å². The second kappa shape index (κ2) is 4.28. The molecule has 1 nitrogen and oxygen atoms in total.